The van der Waals surface area contributed by atoms with Crippen molar-refractivity contribution in [2.45, 2.75) is 20.0 Å². The van der Waals surface area contributed by atoms with Gasteiger partial charge in [0, 0.05) is 10.6 Å². The van der Waals surface area contributed by atoms with Crippen LogP contribution in [0.3, 0.4) is 0 Å². The summed E-state index contributed by atoms with van der Waals surface area (Å²) in [7, 11) is 0. The van der Waals surface area contributed by atoms with Crippen LogP contribution in [-0.4, -0.2) is 22.8 Å². The first-order valence-electron chi connectivity index (χ1n) is 8.10. The maximum absolute atomic E-state index is 12.0. The molecule has 0 unspecified atom stereocenters. The molecule has 2 aromatic carbocycles. The van der Waals surface area contributed by atoms with E-state index in [4.69, 9.17) is 37.1 Å². The van der Waals surface area contributed by atoms with Crippen LogP contribution in [0, 0.1) is 6.92 Å². The lowest BCUT2D eigenvalue weighted by molar-refractivity contribution is -0.152. The smallest absolute Gasteiger partial charge is 0.344 e. The Kier molecular flexibility index (Phi) is 5.98. The molecule has 3 rings (SSSR count). The Morgan fingerprint density at radius 2 is 1.89 bits per heavy atom. The van der Waals surface area contributed by atoms with Crippen LogP contribution in [0.15, 0.2) is 46.9 Å². The predicted molar refractivity (Wildman–Crippen MR) is 101 cm³/mol. The zero-order valence-electron chi connectivity index (χ0n) is 14.6. The van der Waals surface area contributed by atoms with Gasteiger partial charge in [-0.25, -0.2) is 4.79 Å². The van der Waals surface area contributed by atoms with Crippen molar-refractivity contribution >= 4 is 29.2 Å². The summed E-state index contributed by atoms with van der Waals surface area (Å²) in [6.07, 6.45) is -0.714. The largest absolute Gasteiger partial charge is 0.480 e. The molecule has 6 nitrogen and oxygen atoms in total. The van der Waals surface area contributed by atoms with Gasteiger partial charge in [0.05, 0.1) is 5.02 Å². The highest BCUT2D eigenvalue weighted by Crippen LogP contribution is 2.28. The number of nitrogens with zero attached hydrogens (tertiary/aromatic N) is 2. The number of carbonyl (C=O) groups is 1. The number of hydrogen-bond acceptors (Lipinski definition) is 6. The number of aryl methyl sites for hydroxylation is 1. The number of hydrogen-bond donors (Lipinski definition) is 0. The average molecular weight is 407 g/mol. The third kappa shape index (κ3) is 4.99. The summed E-state index contributed by atoms with van der Waals surface area (Å²) in [6, 6.07) is 12.4. The molecule has 0 spiro atoms. The number of esters is 1. The Morgan fingerprint density at radius 3 is 2.59 bits per heavy atom. The number of aromatic nitrogens is 2. The van der Waals surface area contributed by atoms with E-state index in [2.05, 4.69) is 10.2 Å². The van der Waals surface area contributed by atoms with Crippen molar-refractivity contribution in [2.75, 3.05) is 6.61 Å². The first-order chi connectivity index (χ1) is 12.9. The molecule has 8 heteroatoms. The van der Waals surface area contributed by atoms with Crippen molar-refractivity contribution in [2.24, 2.45) is 0 Å². The first kappa shape index (κ1) is 19.2. The molecule has 1 heterocycles. The van der Waals surface area contributed by atoms with E-state index in [0.717, 1.165) is 11.1 Å². The molecule has 27 heavy (non-hydrogen) atoms. The average Bonchev–Trinajstić information content (AvgIpc) is 3.12. The second-order valence-corrected chi connectivity index (χ2v) is 6.65. The molecule has 0 bridgehead atoms. The Bertz CT molecular complexity index is 941. The normalized spacial score (nSPS) is 11.9. The fourth-order valence-electron chi connectivity index (χ4n) is 2.22. The molecule has 0 amide bonds. The maximum atomic E-state index is 12.0. The highest BCUT2D eigenvalue weighted by atomic mass is 35.5. The van der Waals surface area contributed by atoms with Crippen LogP contribution in [-0.2, 0) is 9.53 Å². The monoisotopic (exact) mass is 406 g/mol. The molecule has 0 aliphatic heterocycles. The van der Waals surface area contributed by atoms with Crippen LogP contribution in [0.2, 0.25) is 10.0 Å². The molecule has 0 aliphatic rings. The number of ether oxygens (including phenoxy) is 2. The van der Waals surface area contributed by atoms with Crippen LogP contribution < -0.4 is 4.74 Å². The molecule has 0 fully saturated rings. The van der Waals surface area contributed by atoms with Crippen LogP contribution in [0.5, 0.6) is 5.75 Å². The lowest BCUT2D eigenvalue weighted by Crippen LogP contribution is -2.17. The Hall–Kier alpha value is -2.57. The molecule has 140 valence electrons. The minimum absolute atomic E-state index is 0.198. The number of carbonyl (C=O) groups excluding carboxylic acids is 1. The van der Waals surface area contributed by atoms with Crippen molar-refractivity contribution < 1.29 is 18.7 Å². The van der Waals surface area contributed by atoms with Gasteiger partial charge in [-0.3, -0.25) is 0 Å². The molecule has 1 aromatic heterocycles. The van der Waals surface area contributed by atoms with Gasteiger partial charge in [0.25, 0.3) is 5.89 Å². The molecular formula is C19H16Cl2N2O4. The Balaban J connectivity index is 1.57. The van der Waals surface area contributed by atoms with Crippen molar-refractivity contribution in [3.63, 3.8) is 0 Å². The van der Waals surface area contributed by atoms with E-state index < -0.39 is 12.1 Å². The summed E-state index contributed by atoms with van der Waals surface area (Å²) >= 11 is 11.8. The zero-order valence-corrected chi connectivity index (χ0v) is 16.1. The van der Waals surface area contributed by atoms with Gasteiger partial charge in [0.15, 0.2) is 12.7 Å². The fraction of sp³-hybridized carbons (Fsp3) is 0.211. The highest BCUT2D eigenvalue weighted by molar-refractivity contribution is 6.35. The predicted octanol–water partition coefficient (Wildman–Crippen LogP) is 5.04. The molecule has 0 saturated heterocycles. The second kappa shape index (κ2) is 8.41. The van der Waals surface area contributed by atoms with Crippen LogP contribution >= 0.6 is 23.2 Å². The molecule has 0 radical (unpaired) electrons. The standard InChI is InChI=1S/C19H16Cl2N2O4/c1-11-3-5-13(6-4-11)19-23-22-18(27-19)12(2)26-17(24)10-25-16-8-7-14(20)9-15(16)21/h3-9,12H,10H2,1-2H3/t12-/m1/s1. The Morgan fingerprint density at radius 1 is 1.15 bits per heavy atom. The summed E-state index contributed by atoms with van der Waals surface area (Å²) in [5, 5.41) is 8.71. The second-order valence-electron chi connectivity index (χ2n) is 5.81. The SMILES string of the molecule is Cc1ccc(-c2nnc([C@@H](C)OC(=O)COc3ccc(Cl)cc3Cl)o2)cc1. The molecule has 0 aliphatic carbocycles. The zero-order chi connectivity index (χ0) is 19.4. The molecule has 0 N–H and O–H groups in total. The van der Waals surface area contributed by atoms with E-state index >= 15 is 0 Å². The van der Waals surface area contributed by atoms with Gasteiger partial charge in [0.2, 0.25) is 5.89 Å². The summed E-state index contributed by atoms with van der Waals surface area (Å²) < 4.78 is 16.2. The lowest BCUT2D eigenvalue weighted by Gasteiger charge is -2.11. The summed E-state index contributed by atoms with van der Waals surface area (Å²) in [4.78, 5) is 12.0. The fourth-order valence-corrected chi connectivity index (χ4v) is 2.69. The quantitative estimate of drug-likeness (QED) is 0.534. The number of benzene rings is 2. The number of rotatable bonds is 6. The van der Waals surface area contributed by atoms with E-state index in [0.29, 0.717) is 21.7 Å². The summed E-state index contributed by atoms with van der Waals surface area (Å²) in [5.74, 6) is 0.300. The van der Waals surface area contributed by atoms with Gasteiger partial charge in [-0.05, 0) is 44.2 Å². The van der Waals surface area contributed by atoms with Crippen molar-refractivity contribution in [1.29, 1.82) is 0 Å². The molecule has 3 aromatic rings. The van der Waals surface area contributed by atoms with Gasteiger partial charge in [-0.1, -0.05) is 40.9 Å². The number of halogens is 2. The van der Waals surface area contributed by atoms with Crippen molar-refractivity contribution in [3.8, 4) is 17.2 Å². The topological polar surface area (TPSA) is 74.5 Å². The molecule has 0 saturated carbocycles. The van der Waals surface area contributed by atoms with Crippen molar-refractivity contribution in [1.82, 2.24) is 10.2 Å². The van der Waals surface area contributed by atoms with E-state index in [-0.39, 0.29) is 12.5 Å². The first-order valence-corrected chi connectivity index (χ1v) is 8.86. The van der Waals surface area contributed by atoms with Crippen LogP contribution in [0.4, 0.5) is 0 Å². The summed E-state index contributed by atoms with van der Waals surface area (Å²) in [6.45, 7) is 3.31. The van der Waals surface area contributed by atoms with Crippen LogP contribution in [0.25, 0.3) is 11.5 Å². The molecule has 1 atom stereocenters. The third-order valence-electron chi connectivity index (χ3n) is 3.63. The van der Waals surface area contributed by atoms with Gasteiger partial charge in [-0.15, -0.1) is 10.2 Å². The third-order valence-corrected chi connectivity index (χ3v) is 4.17. The van der Waals surface area contributed by atoms with E-state index in [1.807, 2.05) is 31.2 Å². The highest BCUT2D eigenvalue weighted by Gasteiger charge is 2.19. The Labute approximate surface area is 166 Å². The summed E-state index contributed by atoms with van der Waals surface area (Å²) in [5.41, 5.74) is 1.92. The van der Waals surface area contributed by atoms with Gasteiger partial charge in [0.1, 0.15) is 5.75 Å². The minimum Gasteiger partial charge on any atom is -0.480 e. The van der Waals surface area contributed by atoms with E-state index in [9.17, 15) is 4.79 Å². The van der Waals surface area contributed by atoms with E-state index in [1.54, 1.807) is 19.1 Å². The van der Waals surface area contributed by atoms with E-state index in [1.165, 1.54) is 6.07 Å². The van der Waals surface area contributed by atoms with Gasteiger partial charge < -0.3 is 13.9 Å². The van der Waals surface area contributed by atoms with Gasteiger partial charge >= 0.3 is 5.97 Å². The lowest BCUT2D eigenvalue weighted by atomic mass is 10.1. The van der Waals surface area contributed by atoms with Crippen LogP contribution in [0.1, 0.15) is 24.5 Å². The molecular weight excluding hydrogens is 391 g/mol. The minimum atomic E-state index is -0.714. The maximum Gasteiger partial charge on any atom is 0.344 e. The van der Waals surface area contributed by atoms with Crippen molar-refractivity contribution in [3.05, 3.63) is 64.0 Å². The van der Waals surface area contributed by atoms with Gasteiger partial charge in [-0.2, -0.15) is 0 Å².